The van der Waals surface area contributed by atoms with Crippen LogP contribution in [0.3, 0.4) is 0 Å². The molecule has 2 unspecified atom stereocenters. The van der Waals surface area contributed by atoms with E-state index in [-0.39, 0.29) is 11.4 Å². The number of esters is 1. The fourth-order valence-electron chi connectivity index (χ4n) is 5.10. The highest BCUT2D eigenvalue weighted by molar-refractivity contribution is 5.65. The first kappa shape index (κ1) is 13.4. The van der Waals surface area contributed by atoms with E-state index in [2.05, 4.69) is 6.92 Å². The van der Waals surface area contributed by atoms with E-state index < -0.39 is 0 Å². The van der Waals surface area contributed by atoms with E-state index in [4.69, 9.17) is 9.47 Å². The molecule has 3 heteroatoms. The van der Waals surface area contributed by atoms with Gasteiger partial charge >= 0.3 is 5.97 Å². The van der Waals surface area contributed by atoms with Gasteiger partial charge in [0, 0.05) is 18.9 Å². The molecule has 108 valence electrons. The molecular weight excluding hydrogens is 240 g/mol. The summed E-state index contributed by atoms with van der Waals surface area (Å²) in [6.07, 6.45) is 7.97. The van der Waals surface area contributed by atoms with Crippen molar-refractivity contribution >= 4 is 5.97 Å². The minimum absolute atomic E-state index is 0.130. The highest BCUT2D eigenvalue weighted by Crippen LogP contribution is 2.60. The van der Waals surface area contributed by atoms with Crippen LogP contribution in [-0.4, -0.2) is 25.3 Å². The zero-order valence-corrected chi connectivity index (χ0v) is 12.2. The third-order valence-electron chi connectivity index (χ3n) is 5.41. The van der Waals surface area contributed by atoms with Crippen molar-refractivity contribution in [3.8, 4) is 0 Å². The van der Waals surface area contributed by atoms with E-state index in [1.54, 1.807) is 0 Å². The maximum Gasteiger partial charge on any atom is 0.302 e. The van der Waals surface area contributed by atoms with Gasteiger partial charge in [0.1, 0.15) is 0 Å². The van der Waals surface area contributed by atoms with E-state index in [1.807, 2.05) is 0 Å². The molecule has 0 aromatic rings. The van der Waals surface area contributed by atoms with E-state index in [0.29, 0.717) is 24.5 Å². The van der Waals surface area contributed by atoms with Crippen LogP contribution in [0.5, 0.6) is 0 Å². The minimum Gasteiger partial charge on any atom is -0.465 e. The minimum atomic E-state index is -0.130. The van der Waals surface area contributed by atoms with Crippen molar-refractivity contribution in [3.05, 3.63) is 0 Å². The first-order valence-electron chi connectivity index (χ1n) is 7.87. The van der Waals surface area contributed by atoms with Crippen molar-refractivity contribution in [2.45, 2.75) is 58.5 Å². The predicted octanol–water partition coefficient (Wildman–Crippen LogP) is 3.17. The average molecular weight is 266 g/mol. The Morgan fingerprint density at radius 2 is 1.89 bits per heavy atom. The molecular formula is C16H26O3. The highest BCUT2D eigenvalue weighted by Gasteiger charge is 2.56. The molecule has 0 aromatic heterocycles. The molecule has 4 aliphatic rings. The zero-order chi connectivity index (χ0) is 13.5. The predicted molar refractivity (Wildman–Crippen MR) is 72.7 cm³/mol. The second-order valence-electron chi connectivity index (χ2n) is 7.09. The number of hydrogen-bond acceptors (Lipinski definition) is 3. The molecule has 19 heavy (non-hydrogen) atoms. The van der Waals surface area contributed by atoms with E-state index in [9.17, 15) is 4.79 Å². The van der Waals surface area contributed by atoms with Gasteiger partial charge in [-0.05, 0) is 56.3 Å². The summed E-state index contributed by atoms with van der Waals surface area (Å²) in [4.78, 5) is 11.1. The van der Waals surface area contributed by atoms with Gasteiger partial charge in [0.2, 0.25) is 0 Å². The van der Waals surface area contributed by atoms with Crippen LogP contribution in [0.15, 0.2) is 0 Å². The van der Waals surface area contributed by atoms with E-state index >= 15 is 0 Å². The number of carbonyl (C=O) groups is 1. The van der Waals surface area contributed by atoms with Gasteiger partial charge in [-0.1, -0.05) is 6.92 Å². The van der Waals surface area contributed by atoms with E-state index in [0.717, 1.165) is 18.9 Å². The summed E-state index contributed by atoms with van der Waals surface area (Å²) in [5.41, 5.74) is 0.286. The summed E-state index contributed by atoms with van der Waals surface area (Å²) < 4.78 is 11.5. The lowest BCUT2D eigenvalue weighted by Crippen LogP contribution is -2.55. The van der Waals surface area contributed by atoms with Gasteiger partial charge in [-0.15, -0.1) is 0 Å². The van der Waals surface area contributed by atoms with Crippen molar-refractivity contribution in [3.63, 3.8) is 0 Å². The van der Waals surface area contributed by atoms with Gasteiger partial charge < -0.3 is 9.47 Å². The largest absolute Gasteiger partial charge is 0.465 e. The van der Waals surface area contributed by atoms with Crippen LogP contribution in [0.4, 0.5) is 0 Å². The summed E-state index contributed by atoms with van der Waals surface area (Å²) in [5.74, 6) is 2.16. The molecule has 4 rings (SSSR count). The van der Waals surface area contributed by atoms with Gasteiger partial charge in [-0.25, -0.2) is 0 Å². The lowest BCUT2D eigenvalue weighted by molar-refractivity contribution is -0.179. The Hall–Kier alpha value is -0.570. The second-order valence-corrected chi connectivity index (χ2v) is 7.09. The second kappa shape index (κ2) is 5.08. The lowest BCUT2D eigenvalue weighted by atomic mass is 9.49. The van der Waals surface area contributed by atoms with Crippen molar-refractivity contribution in [2.24, 2.45) is 23.2 Å². The zero-order valence-electron chi connectivity index (χ0n) is 12.2. The van der Waals surface area contributed by atoms with E-state index in [1.165, 1.54) is 39.0 Å². The Bertz CT molecular complexity index is 336. The van der Waals surface area contributed by atoms with Crippen molar-refractivity contribution in [2.75, 3.05) is 13.2 Å². The molecule has 0 aromatic carbocycles. The third kappa shape index (κ3) is 2.54. The molecule has 4 fully saturated rings. The molecule has 4 saturated carbocycles. The third-order valence-corrected chi connectivity index (χ3v) is 5.41. The van der Waals surface area contributed by atoms with Gasteiger partial charge in [-0.2, -0.15) is 0 Å². The van der Waals surface area contributed by atoms with Crippen molar-refractivity contribution in [1.82, 2.24) is 0 Å². The Balaban J connectivity index is 1.68. The van der Waals surface area contributed by atoms with Crippen LogP contribution in [0, 0.1) is 23.2 Å². The average Bonchev–Trinajstić information content (AvgIpc) is 2.35. The summed E-state index contributed by atoms with van der Waals surface area (Å²) in [6, 6.07) is 0. The fourth-order valence-corrected chi connectivity index (χ4v) is 5.10. The molecule has 0 heterocycles. The molecule has 0 spiro atoms. The first-order valence-corrected chi connectivity index (χ1v) is 7.87. The highest BCUT2D eigenvalue weighted by atomic mass is 16.5. The normalized spacial score (nSPS) is 43.5. The molecule has 3 nitrogen and oxygen atoms in total. The van der Waals surface area contributed by atoms with Gasteiger partial charge in [0.05, 0.1) is 12.7 Å². The molecule has 4 aliphatic carbocycles. The summed E-state index contributed by atoms with van der Waals surface area (Å²) in [7, 11) is 0. The van der Waals surface area contributed by atoms with Crippen LogP contribution in [0.2, 0.25) is 0 Å². The maximum atomic E-state index is 11.1. The SMILES string of the molecule is CCCOC1C2CC3CC1CC(COC(C)=O)(C3)C2. The monoisotopic (exact) mass is 266 g/mol. The summed E-state index contributed by atoms with van der Waals surface area (Å²) in [5, 5.41) is 0. The van der Waals surface area contributed by atoms with Crippen LogP contribution < -0.4 is 0 Å². The first-order chi connectivity index (χ1) is 9.12. The molecule has 0 aliphatic heterocycles. The van der Waals surface area contributed by atoms with Gasteiger partial charge in [-0.3, -0.25) is 4.79 Å². The Kier molecular flexibility index (Phi) is 3.59. The van der Waals surface area contributed by atoms with Crippen LogP contribution in [0.25, 0.3) is 0 Å². The lowest BCUT2D eigenvalue weighted by Gasteiger charge is -2.59. The smallest absolute Gasteiger partial charge is 0.302 e. The number of ether oxygens (including phenoxy) is 2. The van der Waals surface area contributed by atoms with Crippen LogP contribution >= 0.6 is 0 Å². The fraction of sp³-hybridized carbons (Fsp3) is 0.938. The van der Waals surface area contributed by atoms with Crippen LogP contribution in [-0.2, 0) is 14.3 Å². The Morgan fingerprint density at radius 3 is 2.47 bits per heavy atom. The molecule has 2 atom stereocenters. The Labute approximate surface area is 116 Å². The molecule has 0 N–H and O–H groups in total. The quantitative estimate of drug-likeness (QED) is 0.717. The molecule has 0 amide bonds. The molecule has 4 bridgehead atoms. The number of carbonyl (C=O) groups excluding carboxylic acids is 1. The Morgan fingerprint density at radius 1 is 1.21 bits per heavy atom. The summed E-state index contributed by atoms with van der Waals surface area (Å²) in [6.45, 7) is 5.25. The molecule has 0 saturated heterocycles. The van der Waals surface area contributed by atoms with Crippen molar-refractivity contribution < 1.29 is 14.3 Å². The van der Waals surface area contributed by atoms with Gasteiger partial charge in [0.15, 0.2) is 0 Å². The topological polar surface area (TPSA) is 35.5 Å². The summed E-state index contributed by atoms with van der Waals surface area (Å²) >= 11 is 0. The molecule has 0 radical (unpaired) electrons. The standard InChI is InChI=1S/C16H26O3/c1-3-4-18-15-13-5-12-6-14(15)9-16(7-12,8-13)10-19-11(2)17/h12-15H,3-10H2,1-2H3. The van der Waals surface area contributed by atoms with Gasteiger partial charge in [0.25, 0.3) is 0 Å². The van der Waals surface area contributed by atoms with Crippen molar-refractivity contribution in [1.29, 1.82) is 0 Å². The van der Waals surface area contributed by atoms with Crippen LogP contribution in [0.1, 0.15) is 52.4 Å². The number of rotatable bonds is 5. The maximum absolute atomic E-state index is 11.1. The number of hydrogen-bond donors (Lipinski definition) is 0.